The molecule has 1 N–H and O–H groups in total. The van der Waals surface area contributed by atoms with Crippen molar-refractivity contribution < 1.29 is 26.7 Å². The number of nitrogens with zero attached hydrogens (tertiary/aromatic N) is 2. The molecule has 28 heavy (non-hydrogen) atoms. The van der Waals surface area contributed by atoms with Crippen LogP contribution in [0.1, 0.15) is 21.6 Å². The summed E-state index contributed by atoms with van der Waals surface area (Å²) in [5.74, 6) is -2.34. The van der Waals surface area contributed by atoms with Crippen LogP contribution in [0.2, 0.25) is 0 Å². The van der Waals surface area contributed by atoms with Crippen molar-refractivity contribution in [3.8, 4) is 11.3 Å². The normalized spacial score (nSPS) is 11.5. The van der Waals surface area contributed by atoms with Gasteiger partial charge < -0.3 is 5.32 Å². The Morgan fingerprint density at radius 2 is 1.79 bits per heavy atom. The van der Waals surface area contributed by atoms with Crippen LogP contribution in [0.15, 0.2) is 42.5 Å². The minimum Gasteiger partial charge on any atom is -0.322 e. The molecule has 3 aromatic rings. The molecule has 146 valence electrons. The zero-order chi connectivity index (χ0) is 20.6. The Hall–Kier alpha value is -3.23. The van der Waals surface area contributed by atoms with Gasteiger partial charge >= 0.3 is 6.18 Å². The van der Waals surface area contributed by atoms with E-state index in [9.17, 15) is 26.7 Å². The van der Waals surface area contributed by atoms with Crippen molar-refractivity contribution in [2.45, 2.75) is 13.1 Å². The largest absolute Gasteiger partial charge is 0.435 e. The molecule has 1 heterocycles. The molecule has 0 spiro atoms. The Kier molecular flexibility index (Phi) is 4.93. The molecule has 1 amide bonds. The maximum Gasteiger partial charge on any atom is 0.435 e. The summed E-state index contributed by atoms with van der Waals surface area (Å²) in [6.45, 7) is 1.56. The second-order valence-electron chi connectivity index (χ2n) is 6.12. The van der Waals surface area contributed by atoms with Crippen molar-refractivity contribution >= 4 is 11.6 Å². The fourth-order valence-corrected chi connectivity index (χ4v) is 2.77. The number of aryl methyl sites for hydroxylation is 2. The molecule has 1 aromatic heterocycles. The van der Waals surface area contributed by atoms with Gasteiger partial charge in [-0.25, -0.2) is 8.78 Å². The molecule has 0 aliphatic carbocycles. The Labute approximate surface area is 156 Å². The number of benzene rings is 2. The summed E-state index contributed by atoms with van der Waals surface area (Å²) in [5, 5.41) is 5.72. The maximum atomic E-state index is 14.5. The summed E-state index contributed by atoms with van der Waals surface area (Å²) in [6, 6.07) is 8.36. The molecule has 0 saturated carbocycles. The van der Waals surface area contributed by atoms with Crippen molar-refractivity contribution in [3.63, 3.8) is 0 Å². The summed E-state index contributed by atoms with van der Waals surface area (Å²) in [7, 11) is 1.26. The van der Waals surface area contributed by atoms with Gasteiger partial charge in [0.05, 0.1) is 11.3 Å². The Morgan fingerprint density at radius 3 is 2.36 bits per heavy atom. The number of amides is 1. The first-order chi connectivity index (χ1) is 13.1. The lowest BCUT2D eigenvalue weighted by molar-refractivity contribution is -0.141. The predicted octanol–water partition coefficient (Wildman–Crippen LogP) is 4.94. The number of hydrogen-bond acceptors (Lipinski definition) is 2. The van der Waals surface area contributed by atoms with Crippen LogP contribution in [0.5, 0.6) is 0 Å². The molecule has 0 aliphatic rings. The first-order valence-electron chi connectivity index (χ1n) is 8.05. The fourth-order valence-electron chi connectivity index (χ4n) is 2.77. The first kappa shape index (κ1) is 19.5. The summed E-state index contributed by atoms with van der Waals surface area (Å²) >= 11 is 0. The molecule has 0 saturated heterocycles. The van der Waals surface area contributed by atoms with Gasteiger partial charge in [-0.1, -0.05) is 12.1 Å². The van der Waals surface area contributed by atoms with E-state index in [1.165, 1.54) is 25.2 Å². The molecular weight excluding hydrogens is 381 g/mol. The highest BCUT2D eigenvalue weighted by Crippen LogP contribution is 2.33. The van der Waals surface area contributed by atoms with Crippen LogP contribution < -0.4 is 5.32 Å². The highest BCUT2D eigenvalue weighted by molar-refractivity contribution is 6.05. The summed E-state index contributed by atoms with van der Waals surface area (Å²) in [4.78, 5) is 12.3. The average molecular weight is 395 g/mol. The summed E-state index contributed by atoms with van der Waals surface area (Å²) in [6.07, 6.45) is -4.65. The van der Waals surface area contributed by atoms with Crippen LogP contribution in [0, 0.1) is 18.6 Å². The molecule has 0 atom stereocenters. The molecule has 0 aliphatic heterocycles. The summed E-state index contributed by atoms with van der Waals surface area (Å²) in [5.41, 5.74) is -1.07. The number of rotatable bonds is 3. The van der Waals surface area contributed by atoms with E-state index in [1.807, 2.05) is 0 Å². The number of aromatic nitrogens is 2. The molecule has 0 radical (unpaired) electrons. The van der Waals surface area contributed by atoms with E-state index < -0.39 is 29.4 Å². The van der Waals surface area contributed by atoms with Crippen LogP contribution >= 0.6 is 0 Å². The van der Waals surface area contributed by atoms with Gasteiger partial charge in [0.2, 0.25) is 0 Å². The van der Waals surface area contributed by atoms with E-state index >= 15 is 0 Å². The third kappa shape index (κ3) is 3.73. The summed E-state index contributed by atoms with van der Waals surface area (Å²) < 4.78 is 67.6. The average Bonchev–Trinajstić information content (AvgIpc) is 2.97. The Morgan fingerprint density at radius 1 is 1.07 bits per heavy atom. The van der Waals surface area contributed by atoms with E-state index in [-0.39, 0.29) is 22.5 Å². The molecule has 0 unspecified atom stereocenters. The minimum atomic E-state index is -4.65. The number of nitrogens with one attached hydrogen (secondary N) is 1. The van der Waals surface area contributed by atoms with Crippen molar-refractivity contribution in [1.82, 2.24) is 9.78 Å². The van der Waals surface area contributed by atoms with Crippen LogP contribution in [0.4, 0.5) is 27.6 Å². The first-order valence-corrected chi connectivity index (χ1v) is 8.05. The van der Waals surface area contributed by atoms with Gasteiger partial charge in [0.15, 0.2) is 5.69 Å². The maximum absolute atomic E-state index is 14.5. The van der Waals surface area contributed by atoms with Crippen molar-refractivity contribution in [3.05, 3.63) is 70.9 Å². The number of carbonyl (C=O) groups excluding carboxylic acids is 1. The van der Waals surface area contributed by atoms with Crippen LogP contribution in [0.3, 0.4) is 0 Å². The molecule has 4 nitrogen and oxygen atoms in total. The van der Waals surface area contributed by atoms with E-state index in [4.69, 9.17) is 0 Å². The van der Waals surface area contributed by atoms with Crippen molar-refractivity contribution in [2.24, 2.45) is 7.05 Å². The lowest BCUT2D eigenvalue weighted by Gasteiger charge is -2.10. The SMILES string of the molecule is Cc1cccc(F)c1C(=O)Nc1ccc(-c2cc(C(F)(F)F)nn2C)c(F)c1. The quantitative estimate of drug-likeness (QED) is 0.639. The third-order valence-electron chi connectivity index (χ3n) is 4.12. The molecule has 3 rings (SSSR count). The van der Waals surface area contributed by atoms with Gasteiger partial charge in [-0.15, -0.1) is 0 Å². The molecule has 9 heteroatoms. The van der Waals surface area contributed by atoms with Crippen LogP contribution in [0.25, 0.3) is 11.3 Å². The topological polar surface area (TPSA) is 46.9 Å². The molecular formula is C19H14F5N3O. The van der Waals surface area contributed by atoms with Gasteiger partial charge in [0.25, 0.3) is 5.91 Å². The number of carbonyl (C=O) groups is 1. The van der Waals surface area contributed by atoms with Gasteiger partial charge in [0.1, 0.15) is 11.6 Å². The third-order valence-corrected chi connectivity index (χ3v) is 4.12. The lowest BCUT2D eigenvalue weighted by atomic mass is 10.1. The van der Waals surface area contributed by atoms with Gasteiger partial charge in [0, 0.05) is 18.3 Å². The molecule has 0 bridgehead atoms. The van der Waals surface area contributed by atoms with Gasteiger partial charge in [-0.05, 0) is 42.8 Å². The van der Waals surface area contributed by atoms with Gasteiger partial charge in [-0.3, -0.25) is 9.48 Å². The second kappa shape index (κ2) is 7.06. The fraction of sp³-hybridized carbons (Fsp3) is 0.158. The zero-order valence-corrected chi connectivity index (χ0v) is 14.7. The van der Waals surface area contributed by atoms with Crippen LogP contribution in [-0.2, 0) is 13.2 Å². The van der Waals surface area contributed by atoms with E-state index in [1.54, 1.807) is 13.0 Å². The smallest absolute Gasteiger partial charge is 0.322 e. The number of anilines is 1. The van der Waals surface area contributed by atoms with Crippen molar-refractivity contribution in [2.75, 3.05) is 5.32 Å². The van der Waals surface area contributed by atoms with E-state index in [0.717, 1.165) is 22.9 Å². The highest BCUT2D eigenvalue weighted by atomic mass is 19.4. The number of halogens is 5. The monoisotopic (exact) mass is 395 g/mol. The van der Waals surface area contributed by atoms with Gasteiger partial charge in [-0.2, -0.15) is 18.3 Å². The minimum absolute atomic E-state index is 0.0344. The molecule has 2 aromatic carbocycles. The lowest BCUT2D eigenvalue weighted by Crippen LogP contribution is -2.15. The van der Waals surface area contributed by atoms with E-state index in [2.05, 4.69) is 10.4 Å². The highest BCUT2D eigenvalue weighted by Gasteiger charge is 2.35. The van der Waals surface area contributed by atoms with Crippen molar-refractivity contribution in [1.29, 1.82) is 0 Å². The standard InChI is InChI=1S/C19H14F5N3O/c1-10-4-3-5-13(20)17(10)18(28)25-11-6-7-12(14(21)8-11)15-9-16(19(22,23)24)26-27(15)2/h3-9H,1-2H3,(H,25,28). The number of alkyl halides is 3. The second-order valence-corrected chi connectivity index (χ2v) is 6.12. The Balaban J connectivity index is 1.89. The van der Waals surface area contributed by atoms with E-state index in [0.29, 0.717) is 5.56 Å². The predicted molar refractivity (Wildman–Crippen MR) is 92.7 cm³/mol. The Bertz CT molecular complexity index is 1040. The zero-order valence-electron chi connectivity index (χ0n) is 14.7. The van der Waals surface area contributed by atoms with Crippen LogP contribution in [-0.4, -0.2) is 15.7 Å². The molecule has 0 fully saturated rings. The number of hydrogen-bond donors (Lipinski definition) is 1.